The van der Waals surface area contributed by atoms with E-state index in [0.29, 0.717) is 16.7 Å². The number of nitrogens with one attached hydrogen (secondary N) is 2. The number of rotatable bonds is 3. The molecule has 9 nitrogen and oxygen atoms in total. The Kier molecular flexibility index (Phi) is 4.90. The van der Waals surface area contributed by atoms with Gasteiger partial charge in [0, 0.05) is 12.1 Å². The molecule has 1 aromatic heterocycles. The molecule has 2 amide bonds. The SMILES string of the molecule is CC(C)C1NC(C2(C)CC3C(=O)NC(C)(O2)c2nc4ccccc4c(=O)n23)N(c2ccccc2)C1=O. The first-order valence-electron chi connectivity index (χ1n) is 12.3. The van der Waals surface area contributed by atoms with Crippen LogP contribution in [0.25, 0.3) is 10.9 Å². The number of nitrogens with zero attached hydrogens (tertiary/aromatic N) is 3. The smallest absolute Gasteiger partial charge is 0.262 e. The second-order valence-electron chi connectivity index (χ2n) is 10.6. The highest BCUT2D eigenvalue weighted by atomic mass is 16.5. The normalized spacial score (nSPS) is 31.6. The fraction of sp³-hybridized carbons (Fsp3) is 0.407. The number of anilines is 1. The second kappa shape index (κ2) is 7.72. The van der Waals surface area contributed by atoms with Gasteiger partial charge in [0.15, 0.2) is 11.5 Å². The van der Waals surface area contributed by atoms with Crippen LogP contribution in [0.5, 0.6) is 0 Å². The van der Waals surface area contributed by atoms with Crippen LogP contribution >= 0.6 is 0 Å². The number of carbonyl (C=O) groups is 2. The molecule has 36 heavy (non-hydrogen) atoms. The van der Waals surface area contributed by atoms with Gasteiger partial charge in [0.05, 0.1) is 16.9 Å². The van der Waals surface area contributed by atoms with E-state index >= 15 is 0 Å². The Balaban J connectivity index is 1.52. The molecule has 4 aliphatic heterocycles. The van der Waals surface area contributed by atoms with Crippen molar-refractivity contribution in [3.63, 3.8) is 0 Å². The fourth-order valence-electron chi connectivity index (χ4n) is 5.96. The lowest BCUT2D eigenvalue weighted by Crippen LogP contribution is -2.59. The van der Waals surface area contributed by atoms with Crippen LogP contribution in [0.3, 0.4) is 0 Å². The lowest BCUT2D eigenvalue weighted by atomic mass is 9.92. The Morgan fingerprint density at radius 3 is 2.44 bits per heavy atom. The molecule has 0 saturated carbocycles. The Bertz CT molecular complexity index is 1450. The second-order valence-corrected chi connectivity index (χ2v) is 10.6. The van der Waals surface area contributed by atoms with Crippen LogP contribution in [0.4, 0.5) is 5.69 Å². The number of benzene rings is 2. The van der Waals surface area contributed by atoms with E-state index in [0.717, 1.165) is 5.69 Å². The minimum atomic E-state index is -1.37. The van der Waals surface area contributed by atoms with Crippen molar-refractivity contribution in [2.45, 2.75) is 63.7 Å². The topological polar surface area (TPSA) is 106 Å². The molecular formula is C27H29N5O4. The number of carbonyl (C=O) groups excluding carboxylic acids is 2. The predicted octanol–water partition coefficient (Wildman–Crippen LogP) is 2.41. The lowest BCUT2D eigenvalue weighted by molar-refractivity contribution is -0.172. The monoisotopic (exact) mass is 487 g/mol. The number of hydrogen-bond donors (Lipinski definition) is 2. The third kappa shape index (κ3) is 3.16. The molecule has 2 N–H and O–H groups in total. The van der Waals surface area contributed by atoms with E-state index in [-0.39, 0.29) is 29.7 Å². The molecule has 186 valence electrons. The van der Waals surface area contributed by atoms with Crippen molar-refractivity contribution in [2.24, 2.45) is 5.92 Å². The third-order valence-corrected chi connectivity index (χ3v) is 7.63. The lowest BCUT2D eigenvalue weighted by Gasteiger charge is -2.42. The molecule has 4 aliphatic rings. The zero-order valence-electron chi connectivity index (χ0n) is 20.7. The van der Waals surface area contributed by atoms with Crippen LogP contribution in [0.2, 0.25) is 0 Å². The van der Waals surface area contributed by atoms with Crippen molar-refractivity contribution in [1.82, 2.24) is 20.2 Å². The van der Waals surface area contributed by atoms with E-state index in [9.17, 15) is 14.4 Å². The van der Waals surface area contributed by atoms with Gasteiger partial charge in [-0.3, -0.25) is 29.2 Å². The molecule has 9 heteroatoms. The van der Waals surface area contributed by atoms with Gasteiger partial charge in [0.2, 0.25) is 11.8 Å². The number of hydrogen-bond acceptors (Lipinski definition) is 6. The zero-order valence-corrected chi connectivity index (χ0v) is 20.7. The molecule has 2 fully saturated rings. The standard InChI is InChI=1S/C27H29N5O4/c1-15(2)20-23(35)31(16-10-6-5-7-11-16)24(29-20)26(3)14-19-21(33)30-27(4,36-26)25-28-18-13-9-8-12-17(18)22(34)32(19)25/h5-13,15,19-20,24,29H,14H2,1-4H3,(H,30,33). The number of para-hydroxylation sites is 2. The van der Waals surface area contributed by atoms with Crippen LogP contribution in [0.15, 0.2) is 59.4 Å². The molecule has 0 aliphatic carbocycles. The van der Waals surface area contributed by atoms with Crippen LogP contribution in [-0.4, -0.2) is 39.2 Å². The van der Waals surface area contributed by atoms with Crippen molar-refractivity contribution >= 4 is 28.4 Å². The third-order valence-electron chi connectivity index (χ3n) is 7.63. The number of amides is 2. The first kappa shape index (κ1) is 22.9. The average molecular weight is 488 g/mol. The van der Waals surface area contributed by atoms with Crippen LogP contribution in [0.1, 0.15) is 46.0 Å². The van der Waals surface area contributed by atoms with Crippen LogP contribution in [-0.2, 0) is 20.1 Å². The van der Waals surface area contributed by atoms with Gasteiger partial charge in [-0.15, -0.1) is 0 Å². The Morgan fingerprint density at radius 2 is 1.72 bits per heavy atom. The summed E-state index contributed by atoms with van der Waals surface area (Å²) >= 11 is 0. The number of ether oxygens (including phenoxy) is 1. The van der Waals surface area contributed by atoms with Crippen molar-refractivity contribution < 1.29 is 14.3 Å². The van der Waals surface area contributed by atoms with Crippen molar-refractivity contribution in [3.8, 4) is 0 Å². The molecule has 7 rings (SSSR count). The molecule has 5 heterocycles. The maximum atomic E-state index is 13.6. The average Bonchev–Trinajstić information content (AvgIpc) is 3.11. The highest BCUT2D eigenvalue weighted by Crippen LogP contribution is 2.45. The molecule has 0 radical (unpaired) electrons. The van der Waals surface area contributed by atoms with Crippen molar-refractivity contribution in [2.75, 3.05) is 4.90 Å². The van der Waals surface area contributed by atoms with Gasteiger partial charge in [-0.05, 0) is 44.0 Å². The van der Waals surface area contributed by atoms with Crippen LogP contribution < -0.4 is 21.1 Å². The van der Waals surface area contributed by atoms with E-state index in [1.807, 2.05) is 57.2 Å². The maximum absolute atomic E-state index is 13.6. The Morgan fingerprint density at radius 1 is 1.03 bits per heavy atom. The summed E-state index contributed by atoms with van der Waals surface area (Å²) in [5.74, 6) is 0.0481. The summed E-state index contributed by atoms with van der Waals surface area (Å²) in [6.07, 6.45) is -0.394. The summed E-state index contributed by atoms with van der Waals surface area (Å²) < 4.78 is 8.26. The molecular weight excluding hydrogens is 458 g/mol. The quantitative estimate of drug-likeness (QED) is 0.588. The molecule has 2 bridgehead atoms. The highest BCUT2D eigenvalue weighted by Gasteiger charge is 2.60. The van der Waals surface area contributed by atoms with Crippen LogP contribution in [0, 0.1) is 5.92 Å². The molecule has 3 aromatic rings. The van der Waals surface area contributed by atoms with E-state index < -0.39 is 29.6 Å². The predicted molar refractivity (Wildman–Crippen MR) is 134 cm³/mol. The van der Waals surface area contributed by atoms with Gasteiger partial charge in [-0.2, -0.15) is 0 Å². The summed E-state index contributed by atoms with van der Waals surface area (Å²) in [6, 6.07) is 15.3. The maximum Gasteiger partial charge on any atom is 0.262 e. The summed E-state index contributed by atoms with van der Waals surface area (Å²) in [5.41, 5.74) is -1.40. The van der Waals surface area contributed by atoms with E-state index in [2.05, 4.69) is 10.6 Å². The number of aromatic nitrogens is 2. The molecule has 2 saturated heterocycles. The van der Waals surface area contributed by atoms with Gasteiger partial charge < -0.3 is 10.1 Å². The summed E-state index contributed by atoms with van der Waals surface area (Å²) in [4.78, 5) is 47.1. The largest absolute Gasteiger partial charge is 0.339 e. The minimum Gasteiger partial charge on any atom is -0.339 e. The summed E-state index contributed by atoms with van der Waals surface area (Å²) in [5, 5.41) is 6.92. The van der Waals surface area contributed by atoms with E-state index in [4.69, 9.17) is 9.72 Å². The Hall–Kier alpha value is -3.56. The van der Waals surface area contributed by atoms with Crippen molar-refractivity contribution in [3.05, 3.63) is 70.8 Å². The Labute approximate surface area is 208 Å². The fourth-order valence-corrected chi connectivity index (χ4v) is 5.96. The molecule has 2 aromatic carbocycles. The first-order chi connectivity index (χ1) is 17.1. The minimum absolute atomic E-state index is 0.0435. The summed E-state index contributed by atoms with van der Waals surface area (Å²) in [7, 11) is 0. The van der Waals surface area contributed by atoms with Gasteiger partial charge >= 0.3 is 0 Å². The van der Waals surface area contributed by atoms with Crippen molar-refractivity contribution in [1.29, 1.82) is 0 Å². The van der Waals surface area contributed by atoms with Gasteiger partial charge in [0.1, 0.15) is 17.8 Å². The van der Waals surface area contributed by atoms with E-state index in [1.165, 1.54) is 4.57 Å². The number of fused-ring (bicyclic) bond motifs is 4. The molecule has 5 unspecified atom stereocenters. The zero-order chi connectivity index (χ0) is 25.4. The van der Waals surface area contributed by atoms with E-state index in [1.54, 1.807) is 30.0 Å². The molecule has 5 atom stereocenters. The molecule has 0 spiro atoms. The first-order valence-corrected chi connectivity index (χ1v) is 12.3. The van der Waals surface area contributed by atoms with Gasteiger partial charge in [0.25, 0.3) is 5.56 Å². The van der Waals surface area contributed by atoms with Gasteiger partial charge in [-0.1, -0.05) is 44.2 Å². The highest BCUT2D eigenvalue weighted by molar-refractivity contribution is 6.00. The van der Waals surface area contributed by atoms with Gasteiger partial charge in [-0.25, -0.2) is 4.98 Å². The summed E-state index contributed by atoms with van der Waals surface area (Å²) in [6.45, 7) is 7.62.